The summed E-state index contributed by atoms with van der Waals surface area (Å²) in [5, 5.41) is 10.6. The highest BCUT2D eigenvalue weighted by Crippen LogP contribution is 2.45. The van der Waals surface area contributed by atoms with Gasteiger partial charge in [0.25, 0.3) is 5.91 Å². The molecule has 2 aliphatic heterocycles. The molecule has 0 unspecified atom stereocenters. The zero-order valence-corrected chi connectivity index (χ0v) is 15.4. The number of carbonyl (C=O) groups is 2. The predicted molar refractivity (Wildman–Crippen MR) is 90.9 cm³/mol. The van der Waals surface area contributed by atoms with Crippen LogP contribution in [0.4, 0.5) is 0 Å². The van der Waals surface area contributed by atoms with Gasteiger partial charge < -0.3 is 19.3 Å². The van der Waals surface area contributed by atoms with E-state index in [-0.39, 0.29) is 17.2 Å². The Morgan fingerprint density at radius 3 is 2.48 bits per heavy atom. The molecule has 1 N–H and O–H groups in total. The third kappa shape index (κ3) is 3.05. The van der Waals surface area contributed by atoms with Gasteiger partial charge in [-0.1, -0.05) is 0 Å². The van der Waals surface area contributed by atoms with E-state index in [0.29, 0.717) is 37.5 Å². The van der Waals surface area contributed by atoms with Gasteiger partial charge in [-0.2, -0.15) is 0 Å². The van der Waals surface area contributed by atoms with Crippen molar-refractivity contribution >= 4 is 11.8 Å². The second-order valence-electron chi connectivity index (χ2n) is 8.03. The maximum absolute atomic E-state index is 12.6. The molecule has 3 heterocycles. The number of aliphatic hydroxyl groups is 1. The second kappa shape index (κ2) is 6.12. The molecule has 0 saturated carbocycles. The average Bonchev–Trinajstić information content (AvgIpc) is 2.97. The van der Waals surface area contributed by atoms with E-state index in [1.54, 1.807) is 23.6 Å². The Bertz CT molecular complexity index is 674. The Morgan fingerprint density at radius 1 is 1.32 bits per heavy atom. The smallest absolute Gasteiger partial charge is 0.276 e. The first-order chi connectivity index (χ1) is 11.7. The van der Waals surface area contributed by atoms with E-state index in [4.69, 9.17) is 4.42 Å². The van der Waals surface area contributed by atoms with Crippen molar-refractivity contribution in [3.05, 3.63) is 17.8 Å². The molecule has 1 spiro atoms. The van der Waals surface area contributed by atoms with Crippen LogP contribution in [0.1, 0.15) is 56.3 Å². The number of carbonyl (C=O) groups excluding carboxylic acids is 2. The number of aliphatic hydroxyl groups excluding tert-OH is 1. The molecule has 0 aliphatic carbocycles. The van der Waals surface area contributed by atoms with Crippen LogP contribution in [0.5, 0.6) is 0 Å². The summed E-state index contributed by atoms with van der Waals surface area (Å²) >= 11 is 0. The van der Waals surface area contributed by atoms with E-state index in [9.17, 15) is 14.7 Å². The maximum Gasteiger partial charge on any atom is 0.276 e. The first-order valence-electron chi connectivity index (χ1n) is 8.82. The van der Waals surface area contributed by atoms with Gasteiger partial charge in [0.1, 0.15) is 5.76 Å². The number of amides is 2. The zero-order valence-electron chi connectivity index (χ0n) is 15.4. The molecule has 2 amide bonds. The lowest BCUT2D eigenvalue weighted by atomic mass is 9.67. The fourth-order valence-corrected chi connectivity index (χ4v) is 4.17. The highest BCUT2D eigenvalue weighted by atomic mass is 16.3. The molecule has 2 saturated heterocycles. The first kappa shape index (κ1) is 17.9. The van der Waals surface area contributed by atoms with Crippen molar-refractivity contribution in [2.45, 2.75) is 58.6 Å². The number of aryl methyl sites for hydroxylation is 1. The Morgan fingerprint density at radius 2 is 1.96 bits per heavy atom. The van der Waals surface area contributed by atoms with Gasteiger partial charge in [0.05, 0.1) is 11.6 Å². The van der Waals surface area contributed by atoms with E-state index in [1.165, 1.54) is 6.39 Å². The van der Waals surface area contributed by atoms with Crippen molar-refractivity contribution in [3.8, 4) is 0 Å². The van der Waals surface area contributed by atoms with Crippen LogP contribution in [-0.4, -0.2) is 63.0 Å². The normalized spacial score (nSPS) is 25.2. The Hall–Kier alpha value is -1.89. The molecule has 0 aromatic carbocycles. The number of likely N-dealkylation sites (tertiary alicyclic amines) is 2. The van der Waals surface area contributed by atoms with E-state index >= 15 is 0 Å². The topological polar surface area (TPSA) is 86.9 Å². The third-order valence-corrected chi connectivity index (χ3v) is 6.07. The summed E-state index contributed by atoms with van der Waals surface area (Å²) in [6.45, 7) is 8.96. The number of rotatable bonds is 1. The highest BCUT2D eigenvalue weighted by Gasteiger charge is 2.50. The van der Waals surface area contributed by atoms with Crippen molar-refractivity contribution in [2.75, 3.05) is 19.6 Å². The van der Waals surface area contributed by atoms with Crippen LogP contribution in [0, 0.1) is 12.3 Å². The number of aromatic nitrogens is 1. The van der Waals surface area contributed by atoms with Crippen LogP contribution in [0.2, 0.25) is 0 Å². The Labute approximate surface area is 148 Å². The van der Waals surface area contributed by atoms with Crippen molar-refractivity contribution < 1.29 is 19.1 Å². The number of oxazole rings is 1. The molecular weight excluding hydrogens is 322 g/mol. The van der Waals surface area contributed by atoms with E-state index in [2.05, 4.69) is 4.98 Å². The van der Waals surface area contributed by atoms with Gasteiger partial charge in [0, 0.05) is 26.6 Å². The summed E-state index contributed by atoms with van der Waals surface area (Å²) in [4.78, 5) is 32.3. The van der Waals surface area contributed by atoms with Crippen molar-refractivity contribution in [3.63, 3.8) is 0 Å². The van der Waals surface area contributed by atoms with Crippen LogP contribution < -0.4 is 0 Å². The third-order valence-electron chi connectivity index (χ3n) is 6.07. The molecule has 7 heteroatoms. The number of piperidine rings is 2. The van der Waals surface area contributed by atoms with Gasteiger partial charge in [0.2, 0.25) is 5.91 Å². The fraction of sp³-hybridized carbons (Fsp3) is 0.722. The summed E-state index contributed by atoms with van der Waals surface area (Å²) < 4.78 is 5.13. The summed E-state index contributed by atoms with van der Waals surface area (Å²) in [5.41, 5.74) is -0.316. The molecule has 1 aromatic heterocycles. The molecule has 138 valence electrons. The minimum atomic E-state index is -0.565. The average molecular weight is 349 g/mol. The zero-order chi connectivity index (χ0) is 18.4. The van der Waals surface area contributed by atoms with Gasteiger partial charge in [-0.15, -0.1) is 0 Å². The molecule has 1 atom stereocenters. The fourth-order valence-electron chi connectivity index (χ4n) is 4.17. The standard InChI is InChI=1S/C18H27N3O4/c1-12-15(19-11-25-12)16(24)20-7-5-18(6-8-20)9-14(23)17(3,4)21(10-18)13(2)22/h11,14,23H,5-10H2,1-4H3/t14-/m0/s1. The lowest BCUT2D eigenvalue weighted by Gasteiger charge is -2.55. The van der Waals surface area contributed by atoms with Gasteiger partial charge in [0.15, 0.2) is 12.1 Å². The molecule has 2 aliphatic rings. The van der Waals surface area contributed by atoms with E-state index in [0.717, 1.165) is 12.8 Å². The van der Waals surface area contributed by atoms with Crippen LogP contribution in [0.3, 0.4) is 0 Å². The van der Waals surface area contributed by atoms with Crippen molar-refractivity contribution in [2.24, 2.45) is 5.41 Å². The minimum Gasteiger partial charge on any atom is -0.448 e. The van der Waals surface area contributed by atoms with Crippen LogP contribution in [0.25, 0.3) is 0 Å². The lowest BCUT2D eigenvalue weighted by Crippen LogP contribution is -2.64. The first-order valence-corrected chi connectivity index (χ1v) is 8.82. The lowest BCUT2D eigenvalue weighted by molar-refractivity contribution is -0.156. The molecule has 0 radical (unpaired) electrons. The quantitative estimate of drug-likeness (QED) is 0.832. The summed E-state index contributed by atoms with van der Waals surface area (Å²) in [7, 11) is 0. The number of hydrogen-bond acceptors (Lipinski definition) is 5. The summed E-state index contributed by atoms with van der Waals surface area (Å²) in [6.07, 6.45) is 2.93. The molecular formula is C18H27N3O4. The molecule has 25 heavy (non-hydrogen) atoms. The van der Waals surface area contributed by atoms with Crippen LogP contribution >= 0.6 is 0 Å². The number of hydrogen-bond donors (Lipinski definition) is 1. The predicted octanol–water partition coefficient (Wildman–Crippen LogP) is 1.60. The molecule has 1 aromatic rings. The molecule has 0 bridgehead atoms. The maximum atomic E-state index is 12.6. The van der Waals surface area contributed by atoms with Gasteiger partial charge in [-0.3, -0.25) is 9.59 Å². The van der Waals surface area contributed by atoms with Crippen molar-refractivity contribution in [1.29, 1.82) is 0 Å². The van der Waals surface area contributed by atoms with Crippen LogP contribution in [0.15, 0.2) is 10.8 Å². The monoisotopic (exact) mass is 349 g/mol. The minimum absolute atomic E-state index is 0.0140. The highest BCUT2D eigenvalue weighted by molar-refractivity contribution is 5.93. The van der Waals surface area contributed by atoms with Gasteiger partial charge in [-0.05, 0) is 45.4 Å². The molecule has 3 rings (SSSR count). The summed E-state index contributed by atoms with van der Waals surface area (Å²) in [5.74, 6) is 0.406. The molecule has 7 nitrogen and oxygen atoms in total. The second-order valence-corrected chi connectivity index (χ2v) is 8.03. The largest absolute Gasteiger partial charge is 0.448 e. The van der Waals surface area contributed by atoms with E-state index in [1.807, 2.05) is 13.8 Å². The Balaban J connectivity index is 1.72. The van der Waals surface area contributed by atoms with Gasteiger partial charge in [-0.25, -0.2) is 4.98 Å². The summed E-state index contributed by atoms with van der Waals surface area (Å²) in [6, 6.07) is 0. The van der Waals surface area contributed by atoms with Gasteiger partial charge >= 0.3 is 0 Å². The SMILES string of the molecule is CC(=O)N1CC2(CCN(C(=O)c3ncoc3C)CC2)C[C@H](O)C1(C)C. The van der Waals surface area contributed by atoms with Crippen LogP contribution in [-0.2, 0) is 4.79 Å². The molecule has 2 fully saturated rings. The van der Waals surface area contributed by atoms with E-state index < -0.39 is 11.6 Å². The van der Waals surface area contributed by atoms with Crippen molar-refractivity contribution in [1.82, 2.24) is 14.8 Å². The number of nitrogens with zero attached hydrogens (tertiary/aromatic N) is 3. The Kier molecular flexibility index (Phi) is 4.39.